The zero-order valence-electron chi connectivity index (χ0n) is 14.3. The van der Waals surface area contributed by atoms with E-state index in [1.165, 1.54) is 12.1 Å². The van der Waals surface area contributed by atoms with E-state index in [1.54, 1.807) is 12.1 Å². The van der Waals surface area contributed by atoms with Crippen LogP contribution in [0.15, 0.2) is 24.3 Å². The van der Waals surface area contributed by atoms with Gasteiger partial charge in [0, 0.05) is 18.2 Å². The molecule has 142 valence electrons. The highest BCUT2D eigenvalue weighted by molar-refractivity contribution is 7.90. The topological polar surface area (TPSA) is 89.3 Å². The molecule has 25 heavy (non-hydrogen) atoms. The van der Waals surface area contributed by atoms with E-state index in [4.69, 9.17) is 5.73 Å². The van der Waals surface area contributed by atoms with Gasteiger partial charge < -0.3 is 11.1 Å². The maximum atomic E-state index is 13.2. The highest BCUT2D eigenvalue weighted by Crippen LogP contribution is 2.40. The van der Waals surface area contributed by atoms with E-state index in [0.29, 0.717) is 6.54 Å². The lowest BCUT2D eigenvalue weighted by Gasteiger charge is -2.30. The number of nitrogens with two attached hydrogens (primary N) is 1. The molecule has 0 radical (unpaired) electrons. The smallest absolute Gasteiger partial charge is 0.236 e. The predicted molar refractivity (Wildman–Crippen MR) is 99.1 cm³/mol. The van der Waals surface area contributed by atoms with E-state index in [9.17, 15) is 17.6 Å². The Morgan fingerprint density at radius 3 is 2.36 bits per heavy atom. The summed E-state index contributed by atoms with van der Waals surface area (Å²) in [5, 5.41) is 2.86. The van der Waals surface area contributed by atoms with Crippen LogP contribution in [0.2, 0.25) is 0 Å². The van der Waals surface area contributed by atoms with Crippen molar-refractivity contribution in [1.29, 1.82) is 0 Å². The van der Waals surface area contributed by atoms with Gasteiger partial charge in [-0.1, -0.05) is 25.0 Å². The molecule has 1 saturated carbocycles. The van der Waals surface area contributed by atoms with Crippen LogP contribution in [0.5, 0.6) is 0 Å². The molecule has 3 N–H and O–H groups in total. The maximum Gasteiger partial charge on any atom is 0.236 e. The minimum Gasteiger partial charge on any atom is -0.354 e. The third kappa shape index (κ3) is 6.24. The minimum atomic E-state index is -3.14. The van der Waals surface area contributed by atoms with Gasteiger partial charge in [0.05, 0.1) is 11.8 Å². The monoisotopic (exact) mass is 392 g/mol. The van der Waals surface area contributed by atoms with Crippen LogP contribution < -0.4 is 11.1 Å². The van der Waals surface area contributed by atoms with Crippen molar-refractivity contribution in [3.63, 3.8) is 0 Å². The van der Waals surface area contributed by atoms with Crippen LogP contribution in [0.3, 0.4) is 0 Å². The molecule has 1 amide bonds. The van der Waals surface area contributed by atoms with Crippen LogP contribution >= 0.6 is 12.4 Å². The Balaban J connectivity index is 0.00000312. The largest absolute Gasteiger partial charge is 0.354 e. The van der Waals surface area contributed by atoms with Crippen molar-refractivity contribution in [1.82, 2.24) is 5.32 Å². The molecule has 1 atom stereocenters. The number of halogens is 2. The number of hydrogen-bond acceptors (Lipinski definition) is 4. The molecule has 1 fully saturated rings. The molecular formula is C17H26ClFN2O3S. The van der Waals surface area contributed by atoms with Gasteiger partial charge in [0.1, 0.15) is 15.7 Å². The second kappa shape index (κ2) is 8.96. The van der Waals surface area contributed by atoms with Crippen molar-refractivity contribution in [3.8, 4) is 0 Å². The second-order valence-corrected chi connectivity index (χ2v) is 9.00. The van der Waals surface area contributed by atoms with Crippen LogP contribution in [0.1, 0.15) is 37.7 Å². The average molecular weight is 393 g/mol. The fourth-order valence-corrected chi connectivity index (χ4v) is 3.96. The summed E-state index contributed by atoms with van der Waals surface area (Å²) in [6, 6.07) is 5.59. The predicted octanol–water partition coefficient (Wildman–Crippen LogP) is 1.94. The number of carbonyl (C=O) groups is 1. The molecule has 5 nitrogen and oxygen atoms in total. The van der Waals surface area contributed by atoms with Gasteiger partial charge in [-0.3, -0.25) is 4.79 Å². The van der Waals surface area contributed by atoms with Crippen LogP contribution in [-0.2, 0) is 20.0 Å². The molecule has 1 unspecified atom stereocenters. The summed E-state index contributed by atoms with van der Waals surface area (Å²) in [6.45, 7) is 0.435. The Morgan fingerprint density at radius 1 is 1.28 bits per heavy atom. The van der Waals surface area contributed by atoms with Crippen LogP contribution in [0.4, 0.5) is 4.39 Å². The van der Waals surface area contributed by atoms with E-state index >= 15 is 0 Å². The van der Waals surface area contributed by atoms with Gasteiger partial charge in [0.2, 0.25) is 5.91 Å². The summed E-state index contributed by atoms with van der Waals surface area (Å²) in [5.41, 5.74) is 6.61. The molecule has 1 aliphatic carbocycles. The molecule has 0 aromatic heterocycles. The molecular weight excluding hydrogens is 367 g/mol. The van der Waals surface area contributed by atoms with Gasteiger partial charge >= 0.3 is 0 Å². The summed E-state index contributed by atoms with van der Waals surface area (Å²) < 4.78 is 35.5. The number of nitrogens with one attached hydrogen (secondary N) is 1. The number of amides is 1. The normalized spacial score (nSPS) is 17.6. The van der Waals surface area contributed by atoms with Crippen molar-refractivity contribution < 1.29 is 17.6 Å². The first-order valence-corrected chi connectivity index (χ1v) is 10.2. The van der Waals surface area contributed by atoms with Crippen molar-refractivity contribution in [2.45, 2.75) is 43.6 Å². The summed E-state index contributed by atoms with van der Waals surface area (Å²) in [7, 11) is -3.14. The summed E-state index contributed by atoms with van der Waals surface area (Å²) >= 11 is 0. The molecule has 0 bridgehead atoms. The second-order valence-electron chi connectivity index (χ2n) is 6.74. The molecule has 1 aliphatic rings. The van der Waals surface area contributed by atoms with Gasteiger partial charge in [0.15, 0.2) is 0 Å². The Hall–Kier alpha value is -1.18. The third-order valence-corrected chi connectivity index (χ3v) is 5.73. The fourth-order valence-electron chi connectivity index (χ4n) is 3.28. The minimum absolute atomic E-state index is 0. The number of benzene rings is 1. The Kier molecular flexibility index (Phi) is 7.84. The quantitative estimate of drug-likeness (QED) is 0.742. The van der Waals surface area contributed by atoms with Gasteiger partial charge in [-0.2, -0.15) is 0 Å². The van der Waals surface area contributed by atoms with E-state index in [2.05, 4.69) is 5.32 Å². The van der Waals surface area contributed by atoms with Gasteiger partial charge in [0.25, 0.3) is 0 Å². The van der Waals surface area contributed by atoms with Crippen LogP contribution in [0, 0.1) is 5.82 Å². The third-order valence-electron chi connectivity index (χ3n) is 4.75. The highest BCUT2D eigenvalue weighted by atomic mass is 35.5. The van der Waals surface area contributed by atoms with Gasteiger partial charge in [-0.05, 0) is 37.0 Å². The zero-order chi connectivity index (χ0) is 17.8. The van der Waals surface area contributed by atoms with E-state index in [0.717, 1.165) is 37.5 Å². The van der Waals surface area contributed by atoms with Crippen molar-refractivity contribution in [3.05, 3.63) is 35.6 Å². The molecule has 8 heteroatoms. The lowest BCUT2D eigenvalue weighted by molar-refractivity contribution is -0.122. The fraction of sp³-hybridized carbons (Fsp3) is 0.588. The van der Waals surface area contributed by atoms with Crippen LogP contribution in [-0.4, -0.2) is 38.9 Å². The zero-order valence-corrected chi connectivity index (χ0v) is 16.0. The van der Waals surface area contributed by atoms with E-state index in [1.807, 2.05) is 0 Å². The van der Waals surface area contributed by atoms with Crippen molar-refractivity contribution >= 4 is 28.2 Å². The van der Waals surface area contributed by atoms with Crippen LogP contribution in [0.25, 0.3) is 0 Å². The molecule has 0 saturated heterocycles. The lowest BCUT2D eigenvalue weighted by Crippen LogP contribution is -2.46. The first-order chi connectivity index (χ1) is 11.2. The Labute approximate surface area is 154 Å². The van der Waals surface area contributed by atoms with Gasteiger partial charge in [-0.25, -0.2) is 12.8 Å². The average Bonchev–Trinajstić information content (AvgIpc) is 3.00. The Morgan fingerprint density at radius 2 is 1.84 bits per heavy atom. The maximum absolute atomic E-state index is 13.2. The van der Waals surface area contributed by atoms with Gasteiger partial charge in [-0.15, -0.1) is 12.4 Å². The molecule has 0 spiro atoms. The number of rotatable bonds is 7. The highest BCUT2D eigenvalue weighted by Gasteiger charge is 2.36. The summed E-state index contributed by atoms with van der Waals surface area (Å²) in [6.07, 6.45) is 5.21. The number of hydrogen-bond donors (Lipinski definition) is 2. The lowest BCUT2D eigenvalue weighted by atomic mass is 9.78. The number of sulfone groups is 1. The van der Waals surface area contributed by atoms with E-state index in [-0.39, 0.29) is 41.7 Å². The first-order valence-electron chi connectivity index (χ1n) is 8.19. The molecule has 2 rings (SSSR count). The van der Waals surface area contributed by atoms with Crippen molar-refractivity contribution in [2.24, 2.45) is 5.73 Å². The molecule has 0 heterocycles. The number of carbonyl (C=O) groups excluding carboxylic acids is 1. The standard InChI is InChI=1S/C17H25FN2O3S.ClH/c1-24(22,23)11-8-15(19)16(21)20-12-17(9-2-3-10-17)13-4-6-14(18)7-5-13;/h4-7,15H,2-3,8-12,19H2,1H3,(H,20,21);1H. The molecule has 1 aromatic carbocycles. The van der Waals surface area contributed by atoms with Crippen molar-refractivity contribution in [2.75, 3.05) is 18.6 Å². The first kappa shape index (κ1) is 21.9. The SMILES string of the molecule is CS(=O)(=O)CCC(N)C(=O)NCC1(c2ccc(F)cc2)CCCC1.Cl. The van der Waals surface area contributed by atoms with E-state index < -0.39 is 15.9 Å². The Bertz CT molecular complexity index is 674. The summed E-state index contributed by atoms with van der Waals surface area (Å²) in [5.74, 6) is -0.726. The molecule has 0 aliphatic heterocycles. The molecule has 1 aromatic rings. The summed E-state index contributed by atoms with van der Waals surface area (Å²) in [4.78, 5) is 12.2.